The van der Waals surface area contributed by atoms with Crippen molar-refractivity contribution in [2.45, 2.75) is 12.6 Å². The predicted molar refractivity (Wildman–Crippen MR) is 75.1 cm³/mol. The Morgan fingerprint density at radius 3 is 2.27 bits per heavy atom. The predicted octanol–water partition coefficient (Wildman–Crippen LogP) is 2.77. The van der Waals surface area contributed by atoms with Gasteiger partial charge >= 0.3 is 6.18 Å². The molecule has 2 amide bonds. The maximum atomic E-state index is 12.4. The van der Waals surface area contributed by atoms with Crippen molar-refractivity contribution in [3.05, 3.63) is 57.8 Å². The molecule has 2 rings (SSSR count). The molecule has 1 aromatic heterocycles. The van der Waals surface area contributed by atoms with Crippen molar-refractivity contribution >= 4 is 23.2 Å². The second kappa shape index (κ2) is 6.61. The third-order valence-corrected chi connectivity index (χ3v) is 3.58. The summed E-state index contributed by atoms with van der Waals surface area (Å²) in [4.78, 5) is 24.1. The van der Waals surface area contributed by atoms with E-state index in [9.17, 15) is 22.8 Å². The average molecular weight is 328 g/mol. The van der Waals surface area contributed by atoms with Crippen LogP contribution in [0.2, 0.25) is 0 Å². The Balaban J connectivity index is 1.88. The zero-order valence-electron chi connectivity index (χ0n) is 11.1. The molecule has 1 aromatic carbocycles. The van der Waals surface area contributed by atoms with Gasteiger partial charge < -0.3 is 0 Å². The van der Waals surface area contributed by atoms with Crippen LogP contribution in [0.4, 0.5) is 13.2 Å². The number of hydrazine groups is 1. The molecule has 0 aliphatic heterocycles. The molecule has 2 N–H and O–H groups in total. The molecule has 0 fully saturated rings. The topological polar surface area (TPSA) is 58.2 Å². The number of nitrogens with one attached hydrogen (secondary N) is 2. The van der Waals surface area contributed by atoms with Gasteiger partial charge in [-0.3, -0.25) is 20.4 Å². The maximum Gasteiger partial charge on any atom is 0.416 e. The third kappa shape index (κ3) is 4.32. The highest BCUT2D eigenvalue weighted by molar-refractivity contribution is 7.10. The molecule has 0 unspecified atom stereocenters. The van der Waals surface area contributed by atoms with Crippen LogP contribution >= 0.6 is 11.3 Å². The fraction of sp³-hybridized carbons (Fsp3) is 0.143. The summed E-state index contributed by atoms with van der Waals surface area (Å²) < 4.78 is 37.2. The summed E-state index contributed by atoms with van der Waals surface area (Å²) >= 11 is 1.41. The average Bonchev–Trinajstić information content (AvgIpc) is 2.97. The number of carbonyl (C=O) groups excluding carboxylic acids is 2. The van der Waals surface area contributed by atoms with Crippen molar-refractivity contribution < 1.29 is 22.8 Å². The van der Waals surface area contributed by atoms with Gasteiger partial charge in [0.1, 0.15) is 0 Å². The summed E-state index contributed by atoms with van der Waals surface area (Å²) in [5.74, 6) is -1.10. The maximum absolute atomic E-state index is 12.4. The molecule has 1 heterocycles. The highest BCUT2D eigenvalue weighted by Gasteiger charge is 2.30. The van der Waals surface area contributed by atoms with Crippen molar-refractivity contribution in [3.63, 3.8) is 0 Å². The Morgan fingerprint density at radius 1 is 1.05 bits per heavy atom. The lowest BCUT2D eigenvalue weighted by Gasteiger charge is -2.09. The third-order valence-electron chi connectivity index (χ3n) is 2.70. The molecule has 8 heteroatoms. The van der Waals surface area contributed by atoms with E-state index in [1.54, 1.807) is 12.1 Å². The quantitative estimate of drug-likeness (QED) is 0.851. The van der Waals surface area contributed by atoms with Crippen molar-refractivity contribution in [2.75, 3.05) is 0 Å². The second-order valence-corrected chi connectivity index (χ2v) is 5.37. The number of hydrogen-bond donors (Lipinski definition) is 2. The number of hydrogen-bond acceptors (Lipinski definition) is 3. The number of amides is 2. The van der Waals surface area contributed by atoms with Gasteiger partial charge in [-0.15, -0.1) is 11.3 Å². The Hall–Kier alpha value is -2.35. The smallest absolute Gasteiger partial charge is 0.273 e. The summed E-state index contributed by atoms with van der Waals surface area (Å²) in [7, 11) is 0. The minimum absolute atomic E-state index is 0.0180. The number of thiophene rings is 1. The number of carbonyl (C=O) groups is 2. The first kappa shape index (κ1) is 16.0. The molecular weight excluding hydrogens is 317 g/mol. The van der Waals surface area contributed by atoms with Crippen molar-refractivity contribution in [2.24, 2.45) is 0 Å². The zero-order chi connectivity index (χ0) is 16.2. The highest BCUT2D eigenvalue weighted by atomic mass is 32.1. The van der Waals surface area contributed by atoms with Crippen LogP contribution in [-0.4, -0.2) is 11.8 Å². The number of alkyl halides is 3. The van der Waals surface area contributed by atoms with E-state index in [0.29, 0.717) is 0 Å². The molecule has 116 valence electrons. The van der Waals surface area contributed by atoms with Crippen molar-refractivity contribution in [1.82, 2.24) is 10.9 Å². The molecule has 0 aliphatic rings. The molecular formula is C14H11F3N2O2S. The SMILES string of the molecule is O=C(Cc1cccs1)NNC(=O)c1ccc(C(F)(F)F)cc1. The molecule has 2 aromatic rings. The van der Waals surface area contributed by atoms with E-state index in [4.69, 9.17) is 0 Å². The molecule has 0 saturated carbocycles. The molecule has 0 atom stereocenters. The van der Waals surface area contributed by atoms with E-state index >= 15 is 0 Å². The van der Waals surface area contributed by atoms with Crippen molar-refractivity contribution in [1.29, 1.82) is 0 Å². The van der Waals surface area contributed by atoms with Gasteiger partial charge in [0.15, 0.2) is 0 Å². The number of benzene rings is 1. The van der Waals surface area contributed by atoms with Crippen LogP contribution in [-0.2, 0) is 17.4 Å². The molecule has 0 aliphatic carbocycles. The minimum Gasteiger partial charge on any atom is -0.273 e. The minimum atomic E-state index is -4.45. The summed E-state index contributed by atoms with van der Waals surface area (Å²) in [6, 6.07) is 7.29. The molecule has 0 saturated heterocycles. The fourth-order valence-electron chi connectivity index (χ4n) is 1.62. The van der Waals surface area contributed by atoms with Crippen LogP contribution < -0.4 is 10.9 Å². The molecule has 22 heavy (non-hydrogen) atoms. The van der Waals surface area contributed by atoms with E-state index in [-0.39, 0.29) is 12.0 Å². The first-order valence-electron chi connectivity index (χ1n) is 6.15. The van der Waals surface area contributed by atoms with Crippen LogP contribution in [0.3, 0.4) is 0 Å². The molecule has 0 radical (unpaired) electrons. The van der Waals surface area contributed by atoms with Crippen molar-refractivity contribution in [3.8, 4) is 0 Å². The Labute approximate surface area is 127 Å². The lowest BCUT2D eigenvalue weighted by Crippen LogP contribution is -2.42. The van der Waals surface area contributed by atoms with Gasteiger partial charge in [0.25, 0.3) is 5.91 Å². The lowest BCUT2D eigenvalue weighted by molar-refractivity contribution is -0.137. The standard InChI is InChI=1S/C14H11F3N2O2S/c15-14(16,17)10-5-3-9(4-6-10)13(21)19-18-12(20)8-11-2-1-7-22-11/h1-7H,8H2,(H,18,20)(H,19,21). The summed E-state index contributed by atoms with van der Waals surface area (Å²) in [5, 5.41) is 1.82. The Morgan fingerprint density at radius 2 is 1.73 bits per heavy atom. The first-order valence-corrected chi connectivity index (χ1v) is 7.03. The van der Waals surface area contributed by atoms with Gasteiger partial charge in [-0.25, -0.2) is 0 Å². The van der Waals surface area contributed by atoms with Crippen LogP contribution in [0.25, 0.3) is 0 Å². The summed E-state index contributed by atoms with van der Waals surface area (Å²) in [5.41, 5.74) is 3.54. The van der Waals surface area contributed by atoms with Gasteiger partial charge in [0.2, 0.25) is 5.91 Å². The van der Waals surface area contributed by atoms with Crippen LogP contribution in [0.5, 0.6) is 0 Å². The van der Waals surface area contributed by atoms with Gasteiger partial charge in [-0.2, -0.15) is 13.2 Å². The lowest BCUT2D eigenvalue weighted by atomic mass is 10.1. The van der Waals surface area contributed by atoms with E-state index in [1.165, 1.54) is 11.3 Å². The van der Waals surface area contributed by atoms with Crippen LogP contribution in [0, 0.1) is 0 Å². The molecule has 4 nitrogen and oxygen atoms in total. The van der Waals surface area contributed by atoms with Gasteiger partial charge in [0.05, 0.1) is 12.0 Å². The van der Waals surface area contributed by atoms with Crippen LogP contribution in [0.1, 0.15) is 20.8 Å². The Kier molecular flexibility index (Phi) is 4.81. The molecule has 0 bridgehead atoms. The van der Waals surface area contributed by atoms with Gasteiger partial charge in [0, 0.05) is 10.4 Å². The highest BCUT2D eigenvalue weighted by Crippen LogP contribution is 2.28. The normalized spacial score (nSPS) is 11.0. The van der Waals surface area contributed by atoms with E-state index in [2.05, 4.69) is 10.9 Å². The summed E-state index contributed by atoms with van der Waals surface area (Å²) in [6.45, 7) is 0. The van der Waals surface area contributed by atoms with E-state index in [1.807, 2.05) is 5.38 Å². The molecule has 0 spiro atoms. The largest absolute Gasteiger partial charge is 0.416 e. The zero-order valence-corrected chi connectivity index (χ0v) is 11.9. The first-order chi connectivity index (χ1) is 10.4. The Bertz CT molecular complexity index is 652. The van der Waals surface area contributed by atoms with Gasteiger partial charge in [-0.05, 0) is 35.7 Å². The van der Waals surface area contributed by atoms with Crippen LogP contribution in [0.15, 0.2) is 41.8 Å². The fourth-order valence-corrected chi connectivity index (χ4v) is 2.33. The second-order valence-electron chi connectivity index (χ2n) is 4.33. The monoisotopic (exact) mass is 328 g/mol. The summed E-state index contributed by atoms with van der Waals surface area (Å²) in [6.07, 6.45) is -4.34. The number of rotatable bonds is 3. The van der Waals surface area contributed by atoms with E-state index < -0.39 is 23.6 Å². The van der Waals surface area contributed by atoms with Gasteiger partial charge in [-0.1, -0.05) is 6.07 Å². The number of halogens is 3. The van der Waals surface area contributed by atoms with E-state index in [0.717, 1.165) is 29.1 Å².